The van der Waals surface area contributed by atoms with Gasteiger partial charge >= 0.3 is 0 Å². The first-order valence-corrected chi connectivity index (χ1v) is 5.81. The third-order valence-corrected chi connectivity index (χ3v) is 3.63. The van der Waals surface area contributed by atoms with Crippen LogP contribution in [0.2, 0.25) is 0 Å². The Hall–Kier alpha value is -0.710. The van der Waals surface area contributed by atoms with Crippen LogP contribution in [0.1, 0.15) is 11.3 Å². The first-order valence-electron chi connectivity index (χ1n) is 3.99. The summed E-state index contributed by atoms with van der Waals surface area (Å²) in [5.41, 5.74) is 9.02. The van der Waals surface area contributed by atoms with Gasteiger partial charge in [-0.3, -0.25) is 0 Å². The van der Waals surface area contributed by atoms with Crippen LogP contribution in [0.15, 0.2) is 16.1 Å². The van der Waals surface area contributed by atoms with Crippen LogP contribution in [-0.4, -0.2) is 4.98 Å². The van der Waals surface area contributed by atoms with Gasteiger partial charge < -0.3 is 5.73 Å². The van der Waals surface area contributed by atoms with Crippen molar-refractivity contribution in [3.05, 3.63) is 27.4 Å². The number of thiazole rings is 1. The molecule has 2 nitrogen and oxygen atoms in total. The fourth-order valence-electron chi connectivity index (χ4n) is 1.10. The molecule has 2 rings (SSSR count). The van der Waals surface area contributed by atoms with E-state index < -0.39 is 0 Å². The lowest BCUT2D eigenvalue weighted by Crippen LogP contribution is -1.95. The average molecular weight is 210 g/mol. The van der Waals surface area contributed by atoms with Crippen LogP contribution < -0.4 is 5.73 Å². The minimum Gasteiger partial charge on any atom is -0.325 e. The summed E-state index contributed by atoms with van der Waals surface area (Å²) in [6, 6.07) is 0. The second-order valence-corrected chi connectivity index (χ2v) is 4.42. The summed E-state index contributed by atoms with van der Waals surface area (Å²) >= 11 is 3.37. The Labute approximate surface area is 85.1 Å². The Balaban J connectivity index is 2.41. The number of nitrogens with two attached hydrogens (primary N) is 1. The van der Waals surface area contributed by atoms with E-state index >= 15 is 0 Å². The van der Waals surface area contributed by atoms with Gasteiger partial charge in [-0.1, -0.05) is 0 Å². The molecule has 0 aliphatic heterocycles. The summed E-state index contributed by atoms with van der Waals surface area (Å²) in [4.78, 5) is 4.43. The molecule has 2 aromatic rings. The Bertz CT molecular complexity index is 403. The molecule has 2 heterocycles. The van der Waals surface area contributed by atoms with Crippen molar-refractivity contribution in [1.29, 1.82) is 0 Å². The average Bonchev–Trinajstić information content (AvgIpc) is 2.71. The molecule has 0 saturated heterocycles. The predicted molar refractivity (Wildman–Crippen MR) is 58.1 cm³/mol. The molecule has 0 spiro atoms. The van der Waals surface area contributed by atoms with Crippen LogP contribution in [0.3, 0.4) is 0 Å². The predicted octanol–water partition coefficient (Wildman–Crippen LogP) is 2.64. The molecule has 2 N–H and O–H groups in total. The molecule has 0 atom stereocenters. The van der Waals surface area contributed by atoms with Gasteiger partial charge in [0.15, 0.2) is 0 Å². The van der Waals surface area contributed by atoms with Crippen molar-refractivity contribution in [2.24, 2.45) is 5.73 Å². The van der Waals surface area contributed by atoms with Crippen LogP contribution in [0, 0.1) is 6.92 Å². The summed E-state index contributed by atoms with van der Waals surface area (Å²) in [7, 11) is 0. The third kappa shape index (κ3) is 1.65. The molecule has 0 aliphatic carbocycles. The summed E-state index contributed by atoms with van der Waals surface area (Å²) < 4.78 is 0. The van der Waals surface area contributed by atoms with Gasteiger partial charge in [-0.2, -0.15) is 11.3 Å². The van der Waals surface area contributed by atoms with Crippen LogP contribution in [0.4, 0.5) is 0 Å². The Kier molecular flexibility index (Phi) is 2.44. The highest BCUT2D eigenvalue weighted by Crippen LogP contribution is 2.29. The molecule has 0 radical (unpaired) electrons. The highest BCUT2D eigenvalue weighted by molar-refractivity contribution is 7.14. The highest BCUT2D eigenvalue weighted by Gasteiger charge is 2.06. The van der Waals surface area contributed by atoms with Crippen LogP contribution in [-0.2, 0) is 6.54 Å². The minimum absolute atomic E-state index is 0.527. The molecular weight excluding hydrogens is 200 g/mol. The van der Waals surface area contributed by atoms with Crippen molar-refractivity contribution < 1.29 is 0 Å². The molecule has 0 fully saturated rings. The summed E-state index contributed by atoms with van der Waals surface area (Å²) in [5.74, 6) is 0. The molecule has 0 bridgehead atoms. The number of nitrogens with zero attached hydrogens (tertiary/aromatic N) is 1. The maximum Gasteiger partial charge on any atom is 0.124 e. The standard InChI is InChI=1S/C9H10N2S2/c1-6-3-12-5-8(6)9-11-7(2-10)4-13-9/h3-5H,2,10H2,1H3. The maximum absolute atomic E-state index is 5.50. The summed E-state index contributed by atoms with van der Waals surface area (Å²) in [6.45, 7) is 2.63. The van der Waals surface area contributed by atoms with Crippen molar-refractivity contribution >= 4 is 22.7 Å². The van der Waals surface area contributed by atoms with Crippen molar-refractivity contribution in [2.75, 3.05) is 0 Å². The van der Waals surface area contributed by atoms with Gasteiger partial charge in [-0.15, -0.1) is 11.3 Å². The van der Waals surface area contributed by atoms with E-state index in [9.17, 15) is 0 Å². The number of hydrogen-bond acceptors (Lipinski definition) is 4. The van der Waals surface area contributed by atoms with E-state index in [-0.39, 0.29) is 0 Å². The molecule has 4 heteroatoms. The Morgan fingerprint density at radius 1 is 1.38 bits per heavy atom. The van der Waals surface area contributed by atoms with Gasteiger partial charge in [-0.25, -0.2) is 4.98 Å². The number of rotatable bonds is 2. The topological polar surface area (TPSA) is 38.9 Å². The molecule has 0 saturated carbocycles. The van der Waals surface area contributed by atoms with E-state index in [0.29, 0.717) is 6.54 Å². The Morgan fingerprint density at radius 2 is 2.23 bits per heavy atom. The van der Waals surface area contributed by atoms with Gasteiger partial charge in [0.2, 0.25) is 0 Å². The summed E-state index contributed by atoms with van der Waals surface area (Å²) in [6.07, 6.45) is 0. The summed E-state index contributed by atoms with van der Waals surface area (Å²) in [5, 5.41) is 7.37. The van der Waals surface area contributed by atoms with Crippen LogP contribution in [0.5, 0.6) is 0 Å². The van der Waals surface area contributed by atoms with E-state index in [0.717, 1.165) is 10.7 Å². The van der Waals surface area contributed by atoms with E-state index in [1.165, 1.54) is 11.1 Å². The van der Waals surface area contributed by atoms with Crippen LogP contribution in [0.25, 0.3) is 10.6 Å². The fourth-order valence-corrected chi connectivity index (χ4v) is 2.92. The van der Waals surface area contributed by atoms with E-state index in [1.54, 1.807) is 22.7 Å². The lowest BCUT2D eigenvalue weighted by atomic mass is 10.2. The molecule has 0 aromatic carbocycles. The first kappa shape index (κ1) is 8.87. The number of thiophene rings is 1. The highest BCUT2D eigenvalue weighted by atomic mass is 32.1. The van der Waals surface area contributed by atoms with Gasteiger partial charge in [-0.05, 0) is 17.9 Å². The second-order valence-electron chi connectivity index (χ2n) is 2.82. The second kappa shape index (κ2) is 3.57. The van der Waals surface area contributed by atoms with Gasteiger partial charge in [0.1, 0.15) is 5.01 Å². The monoisotopic (exact) mass is 210 g/mol. The zero-order chi connectivity index (χ0) is 9.26. The Morgan fingerprint density at radius 3 is 2.77 bits per heavy atom. The lowest BCUT2D eigenvalue weighted by Gasteiger charge is -1.92. The van der Waals surface area contributed by atoms with E-state index in [2.05, 4.69) is 22.7 Å². The molecule has 0 unspecified atom stereocenters. The molecule has 13 heavy (non-hydrogen) atoms. The normalized spacial score (nSPS) is 10.6. The fraction of sp³-hybridized carbons (Fsp3) is 0.222. The molecule has 0 amide bonds. The van der Waals surface area contributed by atoms with Crippen molar-refractivity contribution in [1.82, 2.24) is 4.98 Å². The van der Waals surface area contributed by atoms with Gasteiger partial charge in [0.25, 0.3) is 0 Å². The number of hydrogen-bond donors (Lipinski definition) is 1. The quantitative estimate of drug-likeness (QED) is 0.827. The van der Waals surface area contributed by atoms with Crippen molar-refractivity contribution in [3.8, 4) is 10.6 Å². The smallest absolute Gasteiger partial charge is 0.124 e. The largest absolute Gasteiger partial charge is 0.325 e. The zero-order valence-electron chi connectivity index (χ0n) is 7.28. The molecular formula is C9H10N2S2. The maximum atomic E-state index is 5.50. The molecule has 0 aliphatic rings. The third-order valence-electron chi connectivity index (χ3n) is 1.85. The van der Waals surface area contributed by atoms with Crippen LogP contribution >= 0.6 is 22.7 Å². The minimum atomic E-state index is 0.527. The van der Waals surface area contributed by atoms with E-state index in [1.807, 2.05) is 5.38 Å². The first-order chi connectivity index (χ1) is 6.31. The molecule has 68 valence electrons. The van der Waals surface area contributed by atoms with Crippen molar-refractivity contribution in [2.45, 2.75) is 13.5 Å². The van der Waals surface area contributed by atoms with E-state index in [4.69, 9.17) is 5.73 Å². The SMILES string of the molecule is Cc1cscc1-c1nc(CN)cs1. The zero-order valence-corrected chi connectivity index (χ0v) is 8.91. The lowest BCUT2D eigenvalue weighted by molar-refractivity contribution is 1.01. The van der Waals surface area contributed by atoms with Crippen molar-refractivity contribution in [3.63, 3.8) is 0 Å². The van der Waals surface area contributed by atoms with Gasteiger partial charge in [0, 0.05) is 22.9 Å². The molecule has 2 aromatic heterocycles. The number of aromatic nitrogens is 1. The van der Waals surface area contributed by atoms with Gasteiger partial charge in [0.05, 0.1) is 5.69 Å². The number of aryl methyl sites for hydroxylation is 1.